The molecule has 4 rings (SSSR count). The molecule has 3 aromatic rings. The lowest BCUT2D eigenvalue weighted by Gasteiger charge is -2.22. The first-order valence-corrected chi connectivity index (χ1v) is 8.89. The molecule has 27 heavy (non-hydrogen) atoms. The molecule has 1 aliphatic heterocycles. The van der Waals surface area contributed by atoms with Crippen LogP contribution in [0.25, 0.3) is 0 Å². The standard InChI is InChI=1S/C19H20N8/c1-26-8-6-16(25-26)13-27-7-2-3-18(27)17-11-23-19(12-22-17)24-15-5-4-14(9-20)21-10-15/h4-6,8,10-12,18H,2-3,7,13H2,1H3,(H,23,24). The highest BCUT2D eigenvalue weighted by Crippen LogP contribution is 2.31. The Kier molecular flexibility index (Phi) is 4.77. The number of hydrogen-bond acceptors (Lipinski definition) is 7. The highest BCUT2D eigenvalue weighted by atomic mass is 15.3. The SMILES string of the molecule is Cn1ccc(CN2CCCC2c2cnc(Nc3ccc(C#N)nc3)cn2)n1. The second-order valence-corrected chi connectivity index (χ2v) is 6.60. The van der Waals surface area contributed by atoms with E-state index in [1.54, 1.807) is 24.5 Å². The van der Waals surface area contributed by atoms with Gasteiger partial charge in [-0.05, 0) is 37.6 Å². The topological polar surface area (TPSA) is 95.6 Å². The molecular weight excluding hydrogens is 340 g/mol. The Morgan fingerprint density at radius 3 is 2.78 bits per heavy atom. The zero-order chi connectivity index (χ0) is 18.6. The van der Waals surface area contributed by atoms with E-state index in [-0.39, 0.29) is 6.04 Å². The zero-order valence-corrected chi connectivity index (χ0v) is 15.1. The summed E-state index contributed by atoms with van der Waals surface area (Å²) in [5.41, 5.74) is 3.21. The highest BCUT2D eigenvalue weighted by Gasteiger charge is 2.27. The first kappa shape index (κ1) is 17.1. The van der Waals surface area contributed by atoms with E-state index in [2.05, 4.69) is 36.3 Å². The van der Waals surface area contributed by atoms with E-state index < -0.39 is 0 Å². The summed E-state index contributed by atoms with van der Waals surface area (Å²) < 4.78 is 1.83. The fourth-order valence-corrected chi connectivity index (χ4v) is 3.36. The van der Waals surface area contributed by atoms with Crippen LogP contribution in [0.4, 0.5) is 11.5 Å². The summed E-state index contributed by atoms with van der Waals surface area (Å²) in [6, 6.07) is 7.79. The molecule has 0 saturated carbocycles. The second kappa shape index (κ2) is 7.51. The molecule has 4 heterocycles. The number of aryl methyl sites for hydroxylation is 1. The third-order valence-electron chi connectivity index (χ3n) is 4.66. The number of likely N-dealkylation sites (tertiary alicyclic amines) is 1. The average molecular weight is 360 g/mol. The van der Waals surface area contributed by atoms with Gasteiger partial charge in [0.25, 0.3) is 0 Å². The van der Waals surface area contributed by atoms with Crippen LogP contribution in [0.3, 0.4) is 0 Å². The van der Waals surface area contributed by atoms with Gasteiger partial charge < -0.3 is 5.32 Å². The van der Waals surface area contributed by atoms with Gasteiger partial charge in [0, 0.05) is 19.8 Å². The zero-order valence-electron chi connectivity index (χ0n) is 15.1. The van der Waals surface area contributed by atoms with Crippen LogP contribution in [0.15, 0.2) is 43.0 Å². The van der Waals surface area contributed by atoms with Gasteiger partial charge in [-0.2, -0.15) is 10.4 Å². The van der Waals surface area contributed by atoms with E-state index in [1.807, 2.05) is 30.2 Å². The molecule has 8 nitrogen and oxygen atoms in total. The minimum atomic E-state index is 0.269. The van der Waals surface area contributed by atoms with Gasteiger partial charge in [-0.15, -0.1) is 0 Å². The van der Waals surface area contributed by atoms with Crippen LogP contribution in [0.5, 0.6) is 0 Å². The summed E-state index contributed by atoms with van der Waals surface area (Å²) in [5.74, 6) is 0.652. The molecule has 1 aliphatic rings. The van der Waals surface area contributed by atoms with Crippen molar-refractivity contribution in [3.05, 3.63) is 60.1 Å². The minimum Gasteiger partial charge on any atom is -0.338 e. The fraction of sp³-hybridized carbons (Fsp3) is 0.316. The maximum Gasteiger partial charge on any atom is 0.148 e. The molecule has 1 unspecified atom stereocenters. The first-order chi connectivity index (χ1) is 13.2. The number of nitrogens with zero attached hydrogens (tertiary/aromatic N) is 7. The lowest BCUT2D eigenvalue weighted by atomic mass is 10.1. The van der Waals surface area contributed by atoms with Crippen LogP contribution in [0.2, 0.25) is 0 Å². The number of hydrogen-bond donors (Lipinski definition) is 1. The number of nitriles is 1. The van der Waals surface area contributed by atoms with Crippen LogP contribution in [-0.2, 0) is 13.6 Å². The first-order valence-electron chi connectivity index (χ1n) is 8.89. The lowest BCUT2D eigenvalue weighted by Crippen LogP contribution is -2.24. The Hall–Kier alpha value is -3.31. The van der Waals surface area contributed by atoms with Crippen LogP contribution >= 0.6 is 0 Å². The predicted octanol–water partition coefficient (Wildman–Crippen LogP) is 2.56. The largest absolute Gasteiger partial charge is 0.338 e. The van der Waals surface area contributed by atoms with Crippen molar-refractivity contribution in [2.24, 2.45) is 7.05 Å². The van der Waals surface area contributed by atoms with E-state index in [4.69, 9.17) is 5.26 Å². The van der Waals surface area contributed by atoms with Crippen molar-refractivity contribution in [2.75, 3.05) is 11.9 Å². The molecule has 0 amide bonds. The normalized spacial score (nSPS) is 17.0. The molecule has 136 valence electrons. The Bertz CT molecular complexity index is 939. The summed E-state index contributed by atoms with van der Waals surface area (Å²) in [6.45, 7) is 1.87. The molecule has 1 saturated heterocycles. The number of nitrogens with one attached hydrogen (secondary N) is 1. The monoisotopic (exact) mass is 360 g/mol. The van der Waals surface area contributed by atoms with Crippen molar-refractivity contribution in [1.29, 1.82) is 5.26 Å². The Morgan fingerprint density at radius 2 is 2.11 bits per heavy atom. The molecule has 8 heteroatoms. The van der Waals surface area contributed by atoms with Gasteiger partial charge in [0.05, 0.1) is 41.7 Å². The molecule has 0 spiro atoms. The Labute approximate surface area is 157 Å². The van der Waals surface area contributed by atoms with Crippen LogP contribution < -0.4 is 5.32 Å². The van der Waals surface area contributed by atoms with Crippen LogP contribution in [-0.4, -0.2) is 36.2 Å². The number of rotatable bonds is 5. The molecular formula is C19H20N8. The molecule has 0 aliphatic carbocycles. The maximum atomic E-state index is 8.80. The smallest absolute Gasteiger partial charge is 0.148 e. The van der Waals surface area contributed by atoms with E-state index in [0.29, 0.717) is 11.5 Å². The minimum absolute atomic E-state index is 0.269. The number of anilines is 2. The third-order valence-corrected chi connectivity index (χ3v) is 4.66. The van der Waals surface area contributed by atoms with E-state index >= 15 is 0 Å². The fourth-order valence-electron chi connectivity index (χ4n) is 3.36. The molecule has 1 atom stereocenters. The molecule has 1 fully saturated rings. The van der Waals surface area contributed by atoms with Gasteiger partial charge >= 0.3 is 0 Å². The van der Waals surface area contributed by atoms with E-state index in [9.17, 15) is 0 Å². The maximum absolute atomic E-state index is 8.80. The molecule has 0 aromatic carbocycles. The van der Waals surface area contributed by atoms with Crippen molar-refractivity contribution in [2.45, 2.75) is 25.4 Å². The molecule has 0 bridgehead atoms. The van der Waals surface area contributed by atoms with E-state index in [1.165, 1.54) is 0 Å². The molecule has 0 radical (unpaired) electrons. The van der Waals surface area contributed by atoms with Crippen molar-refractivity contribution in [3.63, 3.8) is 0 Å². The van der Waals surface area contributed by atoms with Crippen molar-refractivity contribution >= 4 is 11.5 Å². The van der Waals surface area contributed by atoms with Crippen molar-refractivity contribution < 1.29 is 0 Å². The second-order valence-electron chi connectivity index (χ2n) is 6.60. The summed E-state index contributed by atoms with van der Waals surface area (Å²) in [6.07, 6.45) is 9.38. The third kappa shape index (κ3) is 3.93. The van der Waals surface area contributed by atoms with Crippen LogP contribution in [0.1, 0.15) is 36.0 Å². The highest BCUT2D eigenvalue weighted by molar-refractivity contribution is 5.54. The van der Waals surface area contributed by atoms with Crippen molar-refractivity contribution in [1.82, 2.24) is 29.6 Å². The van der Waals surface area contributed by atoms with Gasteiger partial charge in [0.2, 0.25) is 0 Å². The lowest BCUT2D eigenvalue weighted by molar-refractivity contribution is 0.240. The van der Waals surface area contributed by atoms with Gasteiger partial charge in [-0.25, -0.2) is 9.97 Å². The van der Waals surface area contributed by atoms with Gasteiger partial charge in [-0.1, -0.05) is 0 Å². The molecule has 1 N–H and O–H groups in total. The summed E-state index contributed by atoms with van der Waals surface area (Å²) in [4.78, 5) is 15.6. The summed E-state index contributed by atoms with van der Waals surface area (Å²) in [7, 11) is 1.94. The number of pyridine rings is 1. The van der Waals surface area contributed by atoms with Gasteiger partial charge in [0.1, 0.15) is 17.6 Å². The quantitative estimate of drug-likeness (QED) is 0.747. The van der Waals surface area contributed by atoms with E-state index in [0.717, 1.165) is 43.0 Å². The number of aromatic nitrogens is 5. The van der Waals surface area contributed by atoms with Crippen molar-refractivity contribution in [3.8, 4) is 6.07 Å². The van der Waals surface area contributed by atoms with Gasteiger partial charge in [-0.3, -0.25) is 14.6 Å². The predicted molar refractivity (Wildman–Crippen MR) is 99.9 cm³/mol. The summed E-state index contributed by atoms with van der Waals surface area (Å²) in [5, 5.41) is 16.4. The Morgan fingerprint density at radius 1 is 1.19 bits per heavy atom. The van der Waals surface area contributed by atoms with Gasteiger partial charge in [0.15, 0.2) is 0 Å². The molecule has 3 aromatic heterocycles. The average Bonchev–Trinajstić information content (AvgIpc) is 3.32. The van der Waals surface area contributed by atoms with Crippen LogP contribution in [0, 0.1) is 11.3 Å². The Balaban J connectivity index is 1.43. The summed E-state index contributed by atoms with van der Waals surface area (Å²) >= 11 is 0.